The molecule has 0 aromatic heterocycles. The average Bonchev–Trinajstić information content (AvgIpc) is 2.87. The van der Waals surface area contributed by atoms with Gasteiger partial charge in [-0.15, -0.1) is 0 Å². The predicted octanol–water partition coefficient (Wildman–Crippen LogP) is 1.78. The SMILES string of the molecule is COC(=O)C1CCC(=O)N1C(C)c1ccc(C#N)cc1. The number of methoxy groups -OCH3 is 1. The fraction of sp³-hybridized carbons (Fsp3) is 0.400. The molecule has 1 aromatic rings. The van der Waals surface area contributed by atoms with Crippen LogP contribution < -0.4 is 0 Å². The van der Waals surface area contributed by atoms with E-state index >= 15 is 0 Å². The number of ether oxygens (including phenoxy) is 1. The van der Waals surface area contributed by atoms with Crippen LogP contribution >= 0.6 is 0 Å². The summed E-state index contributed by atoms with van der Waals surface area (Å²) < 4.78 is 4.76. The van der Waals surface area contributed by atoms with Crippen molar-refractivity contribution in [1.82, 2.24) is 4.90 Å². The lowest BCUT2D eigenvalue weighted by Gasteiger charge is -2.29. The third-order valence-corrected chi connectivity index (χ3v) is 3.67. The molecule has 0 aliphatic carbocycles. The van der Waals surface area contributed by atoms with E-state index in [-0.39, 0.29) is 17.9 Å². The van der Waals surface area contributed by atoms with Crippen molar-refractivity contribution in [2.24, 2.45) is 0 Å². The minimum atomic E-state index is -0.516. The standard InChI is InChI=1S/C15H16N2O3/c1-10(12-5-3-11(9-16)4-6-12)17-13(15(19)20-2)7-8-14(17)18/h3-6,10,13H,7-8H2,1-2H3. The van der Waals surface area contributed by atoms with E-state index in [0.29, 0.717) is 18.4 Å². The third kappa shape index (κ3) is 2.50. The number of benzene rings is 1. The molecule has 2 atom stereocenters. The maximum Gasteiger partial charge on any atom is 0.328 e. The zero-order valence-corrected chi connectivity index (χ0v) is 11.5. The second-order valence-electron chi connectivity index (χ2n) is 4.79. The first-order chi connectivity index (χ1) is 9.58. The van der Waals surface area contributed by atoms with Crippen LogP contribution in [0.25, 0.3) is 0 Å². The number of amides is 1. The third-order valence-electron chi connectivity index (χ3n) is 3.67. The molecule has 104 valence electrons. The maximum absolute atomic E-state index is 12.0. The molecule has 0 spiro atoms. The minimum absolute atomic E-state index is 0.0442. The Bertz CT molecular complexity index is 559. The number of rotatable bonds is 3. The van der Waals surface area contributed by atoms with E-state index < -0.39 is 6.04 Å². The Balaban J connectivity index is 2.25. The molecular weight excluding hydrogens is 256 g/mol. The lowest BCUT2D eigenvalue weighted by Crippen LogP contribution is -2.40. The average molecular weight is 272 g/mol. The van der Waals surface area contributed by atoms with E-state index in [1.165, 1.54) is 7.11 Å². The lowest BCUT2D eigenvalue weighted by atomic mass is 10.0. The zero-order valence-electron chi connectivity index (χ0n) is 11.5. The van der Waals surface area contributed by atoms with E-state index in [1.807, 2.05) is 19.1 Å². The molecule has 5 heteroatoms. The van der Waals surface area contributed by atoms with Crippen LogP contribution in [0.3, 0.4) is 0 Å². The summed E-state index contributed by atoms with van der Waals surface area (Å²) in [6.45, 7) is 1.88. The van der Waals surface area contributed by atoms with E-state index in [2.05, 4.69) is 6.07 Å². The topological polar surface area (TPSA) is 70.4 Å². The molecule has 0 N–H and O–H groups in total. The Morgan fingerprint density at radius 1 is 1.45 bits per heavy atom. The van der Waals surface area contributed by atoms with Crippen molar-refractivity contribution in [3.8, 4) is 6.07 Å². The molecule has 1 heterocycles. The molecule has 2 unspecified atom stereocenters. The van der Waals surface area contributed by atoms with Crippen LogP contribution in [0.5, 0.6) is 0 Å². The van der Waals surface area contributed by atoms with Gasteiger partial charge in [-0.25, -0.2) is 4.79 Å². The first kappa shape index (κ1) is 14.1. The van der Waals surface area contributed by atoms with Gasteiger partial charge >= 0.3 is 5.97 Å². The number of nitriles is 1. The Morgan fingerprint density at radius 2 is 2.10 bits per heavy atom. The van der Waals surface area contributed by atoms with Gasteiger partial charge in [-0.3, -0.25) is 4.79 Å². The number of esters is 1. The fourth-order valence-corrected chi connectivity index (χ4v) is 2.55. The van der Waals surface area contributed by atoms with Crippen molar-refractivity contribution in [3.05, 3.63) is 35.4 Å². The molecule has 20 heavy (non-hydrogen) atoms. The number of carbonyl (C=O) groups excluding carboxylic acids is 2. The maximum atomic E-state index is 12.0. The highest BCUT2D eigenvalue weighted by molar-refractivity contribution is 5.88. The van der Waals surface area contributed by atoms with Crippen LogP contribution in [0.4, 0.5) is 0 Å². The lowest BCUT2D eigenvalue weighted by molar-refractivity contribution is -0.150. The van der Waals surface area contributed by atoms with E-state index in [0.717, 1.165) is 5.56 Å². The van der Waals surface area contributed by atoms with E-state index in [9.17, 15) is 9.59 Å². The van der Waals surface area contributed by atoms with Gasteiger partial charge in [0.2, 0.25) is 5.91 Å². The Kier molecular flexibility index (Phi) is 4.04. The Labute approximate surface area is 117 Å². The van der Waals surface area contributed by atoms with Gasteiger partial charge in [0.1, 0.15) is 6.04 Å². The summed E-state index contributed by atoms with van der Waals surface area (Å²) >= 11 is 0. The summed E-state index contributed by atoms with van der Waals surface area (Å²) in [5.41, 5.74) is 1.46. The van der Waals surface area contributed by atoms with Crippen LogP contribution in [0.15, 0.2) is 24.3 Å². The monoisotopic (exact) mass is 272 g/mol. The Morgan fingerprint density at radius 3 is 2.65 bits per heavy atom. The molecule has 1 aliphatic heterocycles. The second kappa shape index (κ2) is 5.74. The van der Waals surface area contributed by atoms with Gasteiger partial charge in [0.05, 0.1) is 24.8 Å². The first-order valence-electron chi connectivity index (χ1n) is 6.47. The molecule has 1 aliphatic rings. The van der Waals surface area contributed by atoms with Crippen LogP contribution in [0.2, 0.25) is 0 Å². The van der Waals surface area contributed by atoms with E-state index in [1.54, 1.807) is 17.0 Å². The number of nitrogens with zero attached hydrogens (tertiary/aromatic N) is 2. The van der Waals surface area contributed by atoms with Gasteiger partial charge in [0, 0.05) is 6.42 Å². The van der Waals surface area contributed by atoms with Crippen molar-refractivity contribution in [3.63, 3.8) is 0 Å². The molecular formula is C15H16N2O3. The van der Waals surface area contributed by atoms with E-state index in [4.69, 9.17) is 10.00 Å². The van der Waals surface area contributed by atoms with Crippen molar-refractivity contribution in [1.29, 1.82) is 5.26 Å². The molecule has 2 rings (SSSR count). The van der Waals surface area contributed by atoms with Crippen molar-refractivity contribution in [2.45, 2.75) is 31.8 Å². The van der Waals surface area contributed by atoms with Crippen LogP contribution in [-0.2, 0) is 14.3 Å². The van der Waals surface area contributed by atoms with Crippen molar-refractivity contribution in [2.75, 3.05) is 7.11 Å². The number of hydrogen-bond acceptors (Lipinski definition) is 4. The summed E-state index contributed by atoms with van der Waals surface area (Å²) in [6.07, 6.45) is 0.854. The van der Waals surface area contributed by atoms with Gasteiger partial charge in [0.15, 0.2) is 0 Å². The van der Waals surface area contributed by atoms with Gasteiger partial charge in [-0.1, -0.05) is 12.1 Å². The fourth-order valence-electron chi connectivity index (χ4n) is 2.55. The number of likely N-dealkylation sites (tertiary alicyclic amines) is 1. The number of carbonyl (C=O) groups is 2. The minimum Gasteiger partial charge on any atom is -0.467 e. The number of hydrogen-bond donors (Lipinski definition) is 0. The molecule has 1 aromatic carbocycles. The van der Waals surface area contributed by atoms with Crippen LogP contribution in [0.1, 0.15) is 36.9 Å². The van der Waals surface area contributed by atoms with Gasteiger partial charge in [0.25, 0.3) is 0 Å². The molecule has 1 fully saturated rings. The highest BCUT2D eigenvalue weighted by Crippen LogP contribution is 2.30. The molecule has 5 nitrogen and oxygen atoms in total. The largest absolute Gasteiger partial charge is 0.467 e. The normalized spacial score (nSPS) is 19.6. The smallest absolute Gasteiger partial charge is 0.328 e. The van der Waals surface area contributed by atoms with Gasteiger partial charge in [-0.05, 0) is 31.0 Å². The van der Waals surface area contributed by atoms with Crippen molar-refractivity contribution >= 4 is 11.9 Å². The molecule has 1 amide bonds. The highest BCUT2D eigenvalue weighted by atomic mass is 16.5. The summed E-state index contributed by atoms with van der Waals surface area (Å²) in [7, 11) is 1.33. The second-order valence-corrected chi connectivity index (χ2v) is 4.79. The first-order valence-corrected chi connectivity index (χ1v) is 6.47. The molecule has 0 saturated carbocycles. The molecule has 0 bridgehead atoms. The predicted molar refractivity (Wildman–Crippen MR) is 71.5 cm³/mol. The summed E-state index contributed by atoms with van der Waals surface area (Å²) in [6, 6.07) is 8.35. The summed E-state index contributed by atoms with van der Waals surface area (Å²) in [4.78, 5) is 25.3. The van der Waals surface area contributed by atoms with Gasteiger partial charge < -0.3 is 9.64 Å². The van der Waals surface area contributed by atoms with Crippen molar-refractivity contribution < 1.29 is 14.3 Å². The Hall–Kier alpha value is -2.35. The van der Waals surface area contributed by atoms with Crippen LogP contribution in [0, 0.1) is 11.3 Å². The molecule has 0 radical (unpaired) electrons. The quantitative estimate of drug-likeness (QED) is 0.786. The zero-order chi connectivity index (χ0) is 14.7. The summed E-state index contributed by atoms with van der Waals surface area (Å²) in [5.74, 6) is -0.423. The van der Waals surface area contributed by atoms with Crippen LogP contribution in [-0.4, -0.2) is 29.9 Å². The summed E-state index contributed by atoms with van der Waals surface area (Å²) in [5, 5.41) is 8.79. The van der Waals surface area contributed by atoms with Gasteiger partial charge in [-0.2, -0.15) is 5.26 Å². The highest BCUT2D eigenvalue weighted by Gasteiger charge is 2.39. The molecule has 1 saturated heterocycles.